The van der Waals surface area contributed by atoms with E-state index in [1.165, 1.54) is 11.8 Å². The van der Waals surface area contributed by atoms with Crippen LogP contribution in [0.25, 0.3) is 0 Å². The Kier molecular flexibility index (Phi) is 7.28. The third kappa shape index (κ3) is 5.65. The molecule has 0 saturated heterocycles. The average Bonchev–Trinajstić information content (AvgIpc) is 2.60. The molecule has 0 bridgehead atoms. The Morgan fingerprint density at radius 1 is 1.21 bits per heavy atom. The van der Waals surface area contributed by atoms with Crippen LogP contribution in [-0.4, -0.2) is 31.4 Å². The number of benzene rings is 2. The second-order valence-corrected chi connectivity index (χ2v) is 6.83. The van der Waals surface area contributed by atoms with Crippen LogP contribution in [0.1, 0.15) is 6.92 Å². The predicted octanol–water partition coefficient (Wildman–Crippen LogP) is 4.02. The first-order valence-electron chi connectivity index (χ1n) is 7.56. The van der Waals surface area contributed by atoms with Gasteiger partial charge in [0, 0.05) is 4.90 Å². The van der Waals surface area contributed by atoms with Gasteiger partial charge in [-0.2, -0.15) is 0 Å². The summed E-state index contributed by atoms with van der Waals surface area (Å²) in [5, 5.41) is 3.23. The zero-order valence-corrected chi connectivity index (χ0v) is 15.2. The smallest absolute Gasteiger partial charge is 0.233 e. The molecule has 0 saturated carbocycles. The van der Waals surface area contributed by atoms with E-state index in [0.29, 0.717) is 23.9 Å². The zero-order chi connectivity index (χ0) is 17.4. The number of para-hydroxylation sites is 1. The van der Waals surface area contributed by atoms with E-state index in [2.05, 4.69) is 5.32 Å². The summed E-state index contributed by atoms with van der Waals surface area (Å²) in [6.07, 6.45) is 0. The third-order valence-corrected chi connectivity index (χ3v) is 4.66. The molecule has 1 amide bonds. The quantitative estimate of drug-likeness (QED) is 0.567. The van der Waals surface area contributed by atoms with Crippen LogP contribution in [0, 0.1) is 0 Å². The number of methoxy groups -OCH3 is 1. The van der Waals surface area contributed by atoms with Crippen LogP contribution in [0.3, 0.4) is 0 Å². The summed E-state index contributed by atoms with van der Waals surface area (Å²) in [5.41, 5.74) is 0. The lowest BCUT2D eigenvalue weighted by atomic mass is 10.3. The van der Waals surface area contributed by atoms with Gasteiger partial charge in [-0.1, -0.05) is 23.7 Å². The van der Waals surface area contributed by atoms with E-state index in [9.17, 15) is 4.79 Å². The topological polar surface area (TPSA) is 47.6 Å². The molecule has 0 aliphatic rings. The van der Waals surface area contributed by atoms with E-state index >= 15 is 0 Å². The molecule has 1 atom stereocenters. The standard InChI is InChI=1S/C18H20ClNO3S/c1-13(24-15-9-7-14(22-2)8-10-15)18(21)20-11-12-23-17-6-4-3-5-16(17)19/h3-10,13H,11-12H2,1-2H3,(H,20,21). The van der Waals surface area contributed by atoms with Crippen LogP contribution in [0.4, 0.5) is 0 Å². The van der Waals surface area contributed by atoms with Gasteiger partial charge in [-0.05, 0) is 43.3 Å². The van der Waals surface area contributed by atoms with E-state index in [-0.39, 0.29) is 11.2 Å². The van der Waals surface area contributed by atoms with Crippen LogP contribution in [-0.2, 0) is 4.79 Å². The van der Waals surface area contributed by atoms with Gasteiger partial charge >= 0.3 is 0 Å². The molecule has 1 unspecified atom stereocenters. The van der Waals surface area contributed by atoms with Gasteiger partial charge in [0.2, 0.25) is 5.91 Å². The van der Waals surface area contributed by atoms with Gasteiger partial charge in [0.15, 0.2) is 0 Å². The Hall–Kier alpha value is -1.85. The van der Waals surface area contributed by atoms with Crippen molar-refractivity contribution in [3.63, 3.8) is 0 Å². The summed E-state index contributed by atoms with van der Waals surface area (Å²) in [5.74, 6) is 1.39. The van der Waals surface area contributed by atoms with Crippen molar-refractivity contribution in [1.29, 1.82) is 0 Å². The highest BCUT2D eigenvalue weighted by Gasteiger charge is 2.14. The Morgan fingerprint density at radius 2 is 1.92 bits per heavy atom. The Labute approximate surface area is 151 Å². The van der Waals surface area contributed by atoms with Crippen LogP contribution < -0.4 is 14.8 Å². The number of halogens is 1. The molecule has 1 N–H and O–H groups in total. The van der Waals surface area contributed by atoms with E-state index in [1.807, 2.05) is 43.3 Å². The fourth-order valence-electron chi connectivity index (χ4n) is 1.95. The number of amides is 1. The zero-order valence-electron chi connectivity index (χ0n) is 13.6. The second-order valence-electron chi connectivity index (χ2n) is 5.01. The van der Waals surface area contributed by atoms with Gasteiger partial charge in [0.1, 0.15) is 18.1 Å². The Balaban J connectivity index is 1.72. The lowest BCUT2D eigenvalue weighted by molar-refractivity contribution is -0.120. The predicted molar refractivity (Wildman–Crippen MR) is 98.3 cm³/mol. The van der Waals surface area contributed by atoms with E-state index in [0.717, 1.165) is 10.6 Å². The number of thioether (sulfide) groups is 1. The molecule has 4 nitrogen and oxygen atoms in total. The molecular formula is C18H20ClNO3S. The van der Waals surface area contributed by atoms with Gasteiger partial charge in [-0.15, -0.1) is 11.8 Å². The van der Waals surface area contributed by atoms with Crippen LogP contribution in [0.2, 0.25) is 5.02 Å². The maximum absolute atomic E-state index is 12.1. The summed E-state index contributed by atoms with van der Waals surface area (Å²) in [7, 11) is 1.63. The maximum atomic E-state index is 12.1. The van der Waals surface area contributed by atoms with Crippen molar-refractivity contribution in [3.8, 4) is 11.5 Å². The lowest BCUT2D eigenvalue weighted by Crippen LogP contribution is -2.33. The summed E-state index contributed by atoms with van der Waals surface area (Å²) in [6, 6.07) is 14.9. The normalized spacial score (nSPS) is 11.6. The molecular weight excluding hydrogens is 346 g/mol. The first-order chi connectivity index (χ1) is 11.6. The van der Waals surface area contributed by atoms with Crippen molar-refractivity contribution in [3.05, 3.63) is 53.6 Å². The first-order valence-corrected chi connectivity index (χ1v) is 8.81. The van der Waals surface area contributed by atoms with Crippen molar-refractivity contribution in [2.45, 2.75) is 17.1 Å². The second kappa shape index (κ2) is 9.45. The fourth-order valence-corrected chi connectivity index (χ4v) is 3.03. The number of carbonyl (C=O) groups is 1. The molecule has 0 radical (unpaired) electrons. The van der Waals surface area contributed by atoms with E-state index in [4.69, 9.17) is 21.1 Å². The Morgan fingerprint density at radius 3 is 2.58 bits per heavy atom. The van der Waals surface area contributed by atoms with Gasteiger partial charge in [-0.25, -0.2) is 0 Å². The van der Waals surface area contributed by atoms with E-state index in [1.54, 1.807) is 19.2 Å². The summed E-state index contributed by atoms with van der Waals surface area (Å²) < 4.78 is 10.7. The van der Waals surface area contributed by atoms with Crippen molar-refractivity contribution in [2.24, 2.45) is 0 Å². The highest BCUT2D eigenvalue weighted by Crippen LogP contribution is 2.25. The van der Waals surface area contributed by atoms with Crippen LogP contribution >= 0.6 is 23.4 Å². The Bertz CT molecular complexity index is 664. The molecule has 0 fully saturated rings. The number of carbonyl (C=O) groups excluding carboxylic acids is 1. The van der Waals surface area contributed by atoms with Gasteiger partial charge in [0.05, 0.1) is 23.9 Å². The maximum Gasteiger partial charge on any atom is 0.233 e. The summed E-state index contributed by atoms with van der Waals surface area (Å²) in [6.45, 7) is 2.67. The van der Waals surface area contributed by atoms with Crippen LogP contribution in [0.5, 0.6) is 11.5 Å². The monoisotopic (exact) mass is 365 g/mol. The molecule has 6 heteroatoms. The van der Waals surface area contributed by atoms with Gasteiger partial charge < -0.3 is 14.8 Å². The molecule has 128 valence electrons. The first kappa shape index (κ1) is 18.5. The van der Waals surface area contributed by atoms with Crippen molar-refractivity contribution in [1.82, 2.24) is 5.32 Å². The van der Waals surface area contributed by atoms with Crippen molar-refractivity contribution >= 4 is 29.3 Å². The number of ether oxygens (including phenoxy) is 2. The van der Waals surface area contributed by atoms with Crippen molar-refractivity contribution < 1.29 is 14.3 Å². The molecule has 2 aromatic rings. The largest absolute Gasteiger partial charge is 0.497 e. The number of hydrogen-bond donors (Lipinski definition) is 1. The number of nitrogens with one attached hydrogen (secondary N) is 1. The minimum absolute atomic E-state index is 0.0291. The lowest BCUT2D eigenvalue weighted by Gasteiger charge is -2.13. The van der Waals surface area contributed by atoms with E-state index < -0.39 is 0 Å². The van der Waals surface area contributed by atoms with Crippen molar-refractivity contribution in [2.75, 3.05) is 20.3 Å². The molecule has 0 spiro atoms. The molecule has 0 aliphatic heterocycles. The highest BCUT2D eigenvalue weighted by atomic mass is 35.5. The minimum atomic E-state index is -0.196. The fraction of sp³-hybridized carbons (Fsp3) is 0.278. The van der Waals surface area contributed by atoms with Crippen LogP contribution in [0.15, 0.2) is 53.4 Å². The third-order valence-electron chi connectivity index (χ3n) is 3.24. The minimum Gasteiger partial charge on any atom is -0.497 e. The van der Waals surface area contributed by atoms with Gasteiger partial charge in [0.25, 0.3) is 0 Å². The molecule has 0 aliphatic carbocycles. The summed E-state index contributed by atoms with van der Waals surface area (Å²) >= 11 is 7.50. The number of rotatable bonds is 8. The summed E-state index contributed by atoms with van der Waals surface area (Å²) in [4.78, 5) is 13.1. The highest BCUT2D eigenvalue weighted by molar-refractivity contribution is 8.00. The SMILES string of the molecule is COc1ccc(SC(C)C(=O)NCCOc2ccccc2Cl)cc1. The molecule has 2 aromatic carbocycles. The molecule has 0 heterocycles. The average molecular weight is 366 g/mol. The molecule has 2 rings (SSSR count). The molecule has 24 heavy (non-hydrogen) atoms. The number of hydrogen-bond acceptors (Lipinski definition) is 4. The molecule has 0 aromatic heterocycles. The van der Waals surface area contributed by atoms with Gasteiger partial charge in [-0.3, -0.25) is 4.79 Å².